The average Bonchev–Trinajstić information content (AvgIpc) is 3.51. The zero-order chi connectivity index (χ0) is 30.4. The van der Waals surface area contributed by atoms with Crippen molar-refractivity contribution in [2.45, 2.75) is 50.7 Å². The van der Waals surface area contributed by atoms with Crippen molar-refractivity contribution in [1.29, 1.82) is 0 Å². The monoisotopic (exact) mass is 601 g/mol. The lowest BCUT2D eigenvalue weighted by atomic mass is 10.0. The summed E-state index contributed by atoms with van der Waals surface area (Å²) in [6.45, 7) is -0.502. The van der Waals surface area contributed by atoms with Gasteiger partial charge in [0.25, 0.3) is 0 Å². The van der Waals surface area contributed by atoms with Crippen molar-refractivity contribution in [3.8, 4) is 0 Å². The predicted octanol–water partition coefficient (Wildman–Crippen LogP) is 5.44. The van der Waals surface area contributed by atoms with Crippen LogP contribution >= 0.6 is 0 Å². The predicted molar refractivity (Wildman–Crippen MR) is 167 cm³/mol. The lowest BCUT2D eigenvalue weighted by Crippen LogP contribution is -2.54. The van der Waals surface area contributed by atoms with Gasteiger partial charge in [-0.3, -0.25) is 13.9 Å². The molecule has 0 radical (unpaired) electrons. The van der Waals surface area contributed by atoms with Crippen molar-refractivity contribution < 1.29 is 22.4 Å². The summed E-state index contributed by atoms with van der Waals surface area (Å²) in [5, 5.41) is 4.67. The van der Waals surface area contributed by atoms with E-state index in [1.165, 1.54) is 17.0 Å². The number of nitrogens with one attached hydrogen (secondary N) is 1. The number of carbonyl (C=O) groups is 2. The SMILES string of the molecule is CS(=O)(=O)N(CC(=O)N(Cc1ccc(F)cc1)C(Cc1ccccc1)C(=O)NC1CCCC1)c1cccc2ccccc12. The number of rotatable bonds is 11. The molecule has 1 fully saturated rings. The number of anilines is 1. The number of amides is 2. The number of hydrogen-bond donors (Lipinski definition) is 1. The maximum Gasteiger partial charge on any atom is 0.244 e. The molecule has 0 heterocycles. The van der Waals surface area contributed by atoms with Gasteiger partial charge < -0.3 is 10.2 Å². The normalized spacial score (nSPS) is 14.4. The molecule has 2 amide bonds. The van der Waals surface area contributed by atoms with E-state index in [2.05, 4.69) is 5.32 Å². The number of carbonyl (C=O) groups excluding carboxylic acids is 2. The van der Waals surface area contributed by atoms with Crippen LogP contribution in [-0.4, -0.2) is 50.0 Å². The summed E-state index contributed by atoms with van der Waals surface area (Å²) >= 11 is 0. The van der Waals surface area contributed by atoms with Gasteiger partial charge in [-0.05, 0) is 47.6 Å². The second-order valence-electron chi connectivity index (χ2n) is 11.1. The zero-order valence-corrected chi connectivity index (χ0v) is 25.0. The Balaban J connectivity index is 1.54. The van der Waals surface area contributed by atoms with Crippen LogP contribution < -0.4 is 9.62 Å². The fourth-order valence-electron chi connectivity index (χ4n) is 5.73. The van der Waals surface area contributed by atoms with Crippen LogP contribution in [0.2, 0.25) is 0 Å². The summed E-state index contributed by atoms with van der Waals surface area (Å²) in [6.07, 6.45) is 5.11. The molecule has 43 heavy (non-hydrogen) atoms. The van der Waals surface area contributed by atoms with Gasteiger partial charge >= 0.3 is 0 Å². The van der Waals surface area contributed by atoms with Crippen LogP contribution in [0.25, 0.3) is 10.8 Å². The lowest BCUT2D eigenvalue weighted by Gasteiger charge is -2.34. The largest absolute Gasteiger partial charge is 0.352 e. The molecule has 0 spiro atoms. The van der Waals surface area contributed by atoms with Crippen LogP contribution in [0.5, 0.6) is 0 Å². The highest BCUT2D eigenvalue weighted by atomic mass is 32.2. The summed E-state index contributed by atoms with van der Waals surface area (Å²) in [4.78, 5) is 29.7. The fraction of sp³-hybridized carbons (Fsp3) is 0.294. The molecule has 224 valence electrons. The van der Waals surface area contributed by atoms with Gasteiger partial charge in [-0.25, -0.2) is 12.8 Å². The molecule has 1 aliphatic carbocycles. The summed E-state index contributed by atoms with van der Waals surface area (Å²) in [5.41, 5.74) is 1.86. The van der Waals surface area contributed by atoms with Gasteiger partial charge in [0.2, 0.25) is 21.8 Å². The van der Waals surface area contributed by atoms with Crippen LogP contribution in [0.3, 0.4) is 0 Å². The van der Waals surface area contributed by atoms with Gasteiger partial charge in [-0.15, -0.1) is 0 Å². The second-order valence-corrected chi connectivity index (χ2v) is 13.0. The molecular weight excluding hydrogens is 565 g/mol. The topological polar surface area (TPSA) is 86.8 Å². The fourth-order valence-corrected chi connectivity index (χ4v) is 6.59. The van der Waals surface area contributed by atoms with Crippen LogP contribution in [0.15, 0.2) is 97.1 Å². The van der Waals surface area contributed by atoms with Crippen LogP contribution in [0, 0.1) is 5.82 Å². The van der Waals surface area contributed by atoms with Crippen molar-refractivity contribution in [2.75, 3.05) is 17.1 Å². The molecule has 0 aromatic heterocycles. The second kappa shape index (κ2) is 13.4. The van der Waals surface area contributed by atoms with E-state index < -0.39 is 34.3 Å². The van der Waals surface area contributed by atoms with Gasteiger partial charge in [-0.2, -0.15) is 0 Å². The zero-order valence-electron chi connectivity index (χ0n) is 24.2. The van der Waals surface area contributed by atoms with E-state index in [0.717, 1.165) is 47.2 Å². The Morgan fingerprint density at radius 3 is 2.21 bits per heavy atom. The summed E-state index contributed by atoms with van der Waals surface area (Å²) in [5.74, 6) is -1.24. The first-order valence-electron chi connectivity index (χ1n) is 14.5. The Bertz CT molecular complexity index is 1670. The summed E-state index contributed by atoms with van der Waals surface area (Å²) < 4.78 is 41.3. The minimum absolute atomic E-state index is 0.00182. The smallest absolute Gasteiger partial charge is 0.244 e. The van der Waals surface area contributed by atoms with Crippen LogP contribution in [-0.2, 0) is 32.6 Å². The van der Waals surface area contributed by atoms with Gasteiger partial charge in [-0.1, -0.05) is 91.7 Å². The number of fused-ring (bicyclic) bond motifs is 1. The Morgan fingerprint density at radius 2 is 1.51 bits per heavy atom. The van der Waals surface area contributed by atoms with E-state index in [9.17, 15) is 22.4 Å². The molecule has 4 aromatic rings. The van der Waals surface area contributed by atoms with E-state index >= 15 is 0 Å². The van der Waals surface area contributed by atoms with E-state index in [0.29, 0.717) is 16.6 Å². The Kier molecular flexibility index (Phi) is 9.40. The van der Waals surface area contributed by atoms with E-state index in [1.54, 1.807) is 24.3 Å². The molecule has 0 saturated heterocycles. The first kappa shape index (κ1) is 30.2. The molecule has 1 atom stereocenters. The van der Waals surface area contributed by atoms with Crippen molar-refractivity contribution in [1.82, 2.24) is 10.2 Å². The molecule has 1 N–H and O–H groups in total. The summed E-state index contributed by atoms with van der Waals surface area (Å²) in [6, 6.07) is 27.0. The quantitative estimate of drug-likeness (QED) is 0.248. The highest BCUT2D eigenvalue weighted by molar-refractivity contribution is 7.92. The van der Waals surface area contributed by atoms with E-state index in [-0.39, 0.29) is 24.9 Å². The molecule has 5 rings (SSSR count). The highest BCUT2D eigenvalue weighted by Crippen LogP contribution is 2.29. The molecule has 4 aromatic carbocycles. The third kappa shape index (κ3) is 7.59. The van der Waals surface area contributed by atoms with Gasteiger partial charge in [0.15, 0.2) is 0 Å². The summed E-state index contributed by atoms with van der Waals surface area (Å²) in [7, 11) is -3.90. The van der Waals surface area contributed by atoms with Crippen molar-refractivity contribution >= 4 is 38.3 Å². The molecular formula is C34H36FN3O4S. The van der Waals surface area contributed by atoms with Crippen molar-refractivity contribution in [2.24, 2.45) is 0 Å². The minimum atomic E-state index is -3.90. The number of benzene rings is 4. The maximum absolute atomic E-state index is 14.3. The maximum atomic E-state index is 14.3. The number of hydrogen-bond acceptors (Lipinski definition) is 4. The van der Waals surface area contributed by atoms with Crippen molar-refractivity contribution in [3.63, 3.8) is 0 Å². The van der Waals surface area contributed by atoms with Crippen LogP contribution in [0.1, 0.15) is 36.8 Å². The van der Waals surface area contributed by atoms with E-state index in [4.69, 9.17) is 0 Å². The molecule has 7 nitrogen and oxygen atoms in total. The Morgan fingerprint density at radius 1 is 0.860 bits per heavy atom. The third-order valence-corrected chi connectivity index (χ3v) is 9.08. The van der Waals surface area contributed by atoms with Gasteiger partial charge in [0.1, 0.15) is 18.4 Å². The standard InChI is InChI=1S/C34H36FN3O4S/c1-43(41,42)38(31-17-9-13-27-12-5-8-16-30(27)31)24-33(39)37(23-26-18-20-28(35)21-19-26)32(22-25-10-3-2-4-11-25)34(40)36-29-14-6-7-15-29/h2-5,8-13,16-21,29,32H,6-7,14-15,22-24H2,1H3,(H,36,40). The number of sulfonamides is 1. The number of halogens is 1. The van der Waals surface area contributed by atoms with Gasteiger partial charge in [0, 0.05) is 24.4 Å². The van der Waals surface area contributed by atoms with E-state index in [1.807, 2.05) is 60.7 Å². The van der Waals surface area contributed by atoms with Crippen LogP contribution in [0.4, 0.5) is 10.1 Å². The molecule has 1 aliphatic rings. The Labute approximate surface area is 252 Å². The first-order chi connectivity index (χ1) is 20.7. The lowest BCUT2D eigenvalue weighted by molar-refractivity contribution is -0.140. The molecule has 1 unspecified atom stereocenters. The third-order valence-electron chi connectivity index (χ3n) is 7.95. The molecule has 9 heteroatoms. The highest BCUT2D eigenvalue weighted by Gasteiger charge is 2.34. The molecule has 0 aliphatic heterocycles. The molecule has 0 bridgehead atoms. The van der Waals surface area contributed by atoms with Crippen molar-refractivity contribution in [3.05, 3.63) is 114 Å². The van der Waals surface area contributed by atoms with Gasteiger partial charge in [0.05, 0.1) is 11.9 Å². The minimum Gasteiger partial charge on any atom is -0.352 e. The molecule has 1 saturated carbocycles. The average molecular weight is 602 g/mol. The Hall–Kier alpha value is -4.24. The first-order valence-corrected chi connectivity index (χ1v) is 16.4. The number of nitrogens with zero attached hydrogens (tertiary/aromatic N) is 2.